The number of rotatable bonds is 7. The van der Waals surface area contributed by atoms with Crippen LogP contribution in [0.4, 0.5) is 0 Å². The molecule has 0 amide bonds. The van der Waals surface area contributed by atoms with Crippen molar-refractivity contribution in [1.82, 2.24) is 5.32 Å². The van der Waals surface area contributed by atoms with Crippen molar-refractivity contribution in [2.45, 2.75) is 30.7 Å². The summed E-state index contributed by atoms with van der Waals surface area (Å²) in [4.78, 5) is 1.25. The molecule has 0 aromatic heterocycles. The van der Waals surface area contributed by atoms with E-state index in [2.05, 4.69) is 48.6 Å². The van der Waals surface area contributed by atoms with E-state index in [9.17, 15) is 0 Å². The Kier molecular flexibility index (Phi) is 6.62. The van der Waals surface area contributed by atoms with Gasteiger partial charge in [0.15, 0.2) is 0 Å². The Labute approximate surface area is 137 Å². The molecule has 2 aromatic carbocycles. The molecule has 1 atom stereocenters. The molecule has 0 saturated carbocycles. The molecule has 3 heteroatoms. The highest BCUT2D eigenvalue weighted by Crippen LogP contribution is 2.26. The van der Waals surface area contributed by atoms with Crippen molar-refractivity contribution >= 4 is 23.4 Å². The van der Waals surface area contributed by atoms with E-state index in [1.54, 1.807) is 0 Å². The third-order valence-electron chi connectivity index (χ3n) is 3.47. The van der Waals surface area contributed by atoms with Gasteiger partial charge in [0.25, 0.3) is 0 Å². The maximum Gasteiger partial charge on any atom is 0.0413 e. The van der Waals surface area contributed by atoms with Crippen molar-refractivity contribution < 1.29 is 0 Å². The third-order valence-corrected chi connectivity index (χ3v) is 4.83. The predicted octanol–water partition coefficient (Wildman–Crippen LogP) is 5.35. The van der Waals surface area contributed by atoms with Crippen LogP contribution >= 0.6 is 23.4 Å². The molecule has 1 N–H and O–H groups in total. The highest BCUT2D eigenvalue weighted by Gasteiger charge is 2.10. The quantitative estimate of drug-likeness (QED) is 0.691. The fraction of sp³-hybridized carbons (Fsp3) is 0.333. The molecule has 0 bridgehead atoms. The average molecular weight is 320 g/mol. The van der Waals surface area contributed by atoms with Crippen molar-refractivity contribution in [3.8, 4) is 0 Å². The fourth-order valence-electron chi connectivity index (χ4n) is 2.31. The van der Waals surface area contributed by atoms with Crippen molar-refractivity contribution in [1.29, 1.82) is 0 Å². The van der Waals surface area contributed by atoms with Gasteiger partial charge in [-0.2, -0.15) is 0 Å². The lowest BCUT2D eigenvalue weighted by molar-refractivity contribution is 0.660. The van der Waals surface area contributed by atoms with Gasteiger partial charge in [0.05, 0.1) is 0 Å². The molecular weight excluding hydrogens is 298 g/mol. The van der Waals surface area contributed by atoms with Crippen LogP contribution in [0.15, 0.2) is 53.4 Å². The first-order valence-electron chi connectivity index (χ1n) is 7.37. The standard InChI is InChI=1S/C18H22ClNS/c1-3-5-14-6-4-7-15(12-14)18(20-2)13-21-17-10-8-16(19)9-11-17/h4,6-12,18,20H,3,5,13H2,1-2H3. The van der Waals surface area contributed by atoms with Gasteiger partial charge in [-0.1, -0.05) is 49.2 Å². The molecule has 0 spiro atoms. The van der Waals surface area contributed by atoms with E-state index in [1.807, 2.05) is 30.9 Å². The van der Waals surface area contributed by atoms with Crippen LogP contribution in [0, 0.1) is 0 Å². The normalized spacial score (nSPS) is 12.3. The average Bonchev–Trinajstić information content (AvgIpc) is 2.50. The van der Waals surface area contributed by atoms with Gasteiger partial charge in [-0.05, 0) is 48.9 Å². The maximum absolute atomic E-state index is 5.92. The number of aryl methyl sites for hydroxylation is 1. The van der Waals surface area contributed by atoms with Gasteiger partial charge in [-0.3, -0.25) is 0 Å². The fourth-order valence-corrected chi connectivity index (χ4v) is 3.48. The number of hydrogen-bond acceptors (Lipinski definition) is 2. The minimum Gasteiger partial charge on any atom is -0.312 e. The largest absolute Gasteiger partial charge is 0.312 e. The van der Waals surface area contributed by atoms with Crippen molar-refractivity contribution in [2.24, 2.45) is 0 Å². The molecule has 0 radical (unpaired) electrons. The Hall–Kier alpha value is -0.960. The zero-order valence-corrected chi connectivity index (χ0v) is 14.2. The molecule has 1 unspecified atom stereocenters. The first-order chi connectivity index (χ1) is 10.2. The second kappa shape index (κ2) is 8.47. The summed E-state index contributed by atoms with van der Waals surface area (Å²) in [5.41, 5.74) is 2.79. The van der Waals surface area contributed by atoms with Crippen LogP contribution in [-0.4, -0.2) is 12.8 Å². The number of benzene rings is 2. The number of halogens is 1. The lowest BCUT2D eigenvalue weighted by atomic mass is 10.0. The smallest absolute Gasteiger partial charge is 0.0413 e. The zero-order valence-electron chi connectivity index (χ0n) is 12.6. The van der Waals surface area contributed by atoms with Gasteiger partial charge < -0.3 is 5.32 Å². The van der Waals surface area contributed by atoms with Gasteiger partial charge in [0.2, 0.25) is 0 Å². The molecule has 0 aliphatic heterocycles. The molecule has 0 fully saturated rings. The van der Waals surface area contributed by atoms with Crippen LogP contribution in [0.3, 0.4) is 0 Å². The van der Waals surface area contributed by atoms with Crippen LogP contribution in [0.2, 0.25) is 5.02 Å². The zero-order chi connectivity index (χ0) is 15.1. The molecule has 2 aromatic rings. The molecule has 0 aliphatic rings. The summed E-state index contributed by atoms with van der Waals surface area (Å²) in [6.45, 7) is 2.22. The van der Waals surface area contributed by atoms with Gasteiger partial charge >= 0.3 is 0 Å². The first-order valence-corrected chi connectivity index (χ1v) is 8.73. The summed E-state index contributed by atoms with van der Waals surface area (Å²) in [6, 6.07) is 17.3. The Morgan fingerprint density at radius 1 is 1.14 bits per heavy atom. The van der Waals surface area contributed by atoms with E-state index in [0.29, 0.717) is 6.04 Å². The van der Waals surface area contributed by atoms with Crippen LogP contribution in [0.25, 0.3) is 0 Å². The van der Waals surface area contributed by atoms with Crippen LogP contribution < -0.4 is 5.32 Å². The van der Waals surface area contributed by atoms with Gasteiger partial charge in [-0.15, -0.1) is 11.8 Å². The lowest BCUT2D eigenvalue weighted by Crippen LogP contribution is -2.18. The van der Waals surface area contributed by atoms with Crippen LogP contribution in [0.1, 0.15) is 30.5 Å². The van der Waals surface area contributed by atoms with Gasteiger partial charge in [0.1, 0.15) is 0 Å². The van der Waals surface area contributed by atoms with E-state index >= 15 is 0 Å². The van der Waals surface area contributed by atoms with E-state index < -0.39 is 0 Å². The van der Waals surface area contributed by atoms with Crippen LogP contribution in [-0.2, 0) is 6.42 Å². The summed E-state index contributed by atoms with van der Waals surface area (Å²) in [7, 11) is 2.03. The summed E-state index contributed by atoms with van der Waals surface area (Å²) < 4.78 is 0. The maximum atomic E-state index is 5.92. The topological polar surface area (TPSA) is 12.0 Å². The molecule has 0 aliphatic carbocycles. The predicted molar refractivity (Wildman–Crippen MR) is 94.4 cm³/mol. The Morgan fingerprint density at radius 2 is 1.90 bits per heavy atom. The summed E-state index contributed by atoms with van der Waals surface area (Å²) in [5, 5.41) is 4.21. The van der Waals surface area contributed by atoms with Gasteiger partial charge in [0, 0.05) is 21.7 Å². The summed E-state index contributed by atoms with van der Waals surface area (Å²) in [5.74, 6) is 1.01. The van der Waals surface area contributed by atoms with E-state index in [4.69, 9.17) is 11.6 Å². The van der Waals surface area contributed by atoms with Crippen molar-refractivity contribution in [3.05, 3.63) is 64.7 Å². The highest BCUT2D eigenvalue weighted by molar-refractivity contribution is 7.99. The number of hydrogen-bond donors (Lipinski definition) is 1. The van der Waals surface area contributed by atoms with Gasteiger partial charge in [-0.25, -0.2) is 0 Å². The molecule has 1 nitrogen and oxygen atoms in total. The van der Waals surface area contributed by atoms with E-state index in [1.165, 1.54) is 22.4 Å². The number of nitrogens with one attached hydrogen (secondary N) is 1. The Balaban J connectivity index is 2.02. The number of thioether (sulfide) groups is 1. The molecule has 0 heterocycles. The van der Waals surface area contributed by atoms with E-state index in [-0.39, 0.29) is 0 Å². The minimum atomic E-state index is 0.363. The van der Waals surface area contributed by atoms with Crippen LogP contribution in [0.5, 0.6) is 0 Å². The monoisotopic (exact) mass is 319 g/mol. The lowest BCUT2D eigenvalue weighted by Gasteiger charge is -2.17. The molecule has 112 valence electrons. The first kappa shape index (κ1) is 16.4. The molecule has 0 saturated heterocycles. The Morgan fingerprint density at radius 3 is 2.57 bits per heavy atom. The van der Waals surface area contributed by atoms with E-state index in [0.717, 1.165) is 17.2 Å². The summed E-state index contributed by atoms with van der Waals surface area (Å²) in [6.07, 6.45) is 2.34. The SMILES string of the molecule is CCCc1cccc(C(CSc2ccc(Cl)cc2)NC)c1. The molecular formula is C18H22ClNS. The summed E-state index contributed by atoms with van der Waals surface area (Å²) >= 11 is 7.78. The minimum absolute atomic E-state index is 0.363. The molecule has 21 heavy (non-hydrogen) atoms. The molecule has 2 rings (SSSR count). The van der Waals surface area contributed by atoms with Crippen molar-refractivity contribution in [3.63, 3.8) is 0 Å². The van der Waals surface area contributed by atoms with Crippen molar-refractivity contribution in [2.75, 3.05) is 12.8 Å². The Bertz CT molecular complexity index is 553. The second-order valence-electron chi connectivity index (χ2n) is 5.10. The second-order valence-corrected chi connectivity index (χ2v) is 6.63. The third kappa shape index (κ3) is 5.06. The highest BCUT2D eigenvalue weighted by atomic mass is 35.5.